The summed E-state index contributed by atoms with van der Waals surface area (Å²) in [5.74, 6) is 0. The van der Waals surface area contributed by atoms with Crippen molar-refractivity contribution >= 4 is 11.8 Å². The zero-order valence-corrected chi connectivity index (χ0v) is 12.0. The molecule has 1 amide bonds. The van der Waals surface area contributed by atoms with Crippen LogP contribution in [0.1, 0.15) is 27.2 Å². The molecule has 1 fully saturated rings. The number of rotatable bonds is 1. The highest BCUT2D eigenvalue weighted by atomic mass is 16.7. The lowest BCUT2D eigenvalue weighted by atomic mass is 10.0. The van der Waals surface area contributed by atoms with Gasteiger partial charge in [-0.25, -0.2) is 9.86 Å². The van der Waals surface area contributed by atoms with Crippen molar-refractivity contribution in [2.45, 2.75) is 32.8 Å². The molecule has 0 atom stereocenters. The summed E-state index contributed by atoms with van der Waals surface area (Å²) in [4.78, 5) is 23.3. The molecule has 2 aliphatic heterocycles. The number of fused-ring (bicyclic) bond motifs is 1. The second-order valence-corrected chi connectivity index (χ2v) is 5.65. The van der Waals surface area contributed by atoms with Crippen LogP contribution >= 0.6 is 0 Å². The molecular formula is C13H21N3O3. The minimum atomic E-state index is -0.467. The topological polar surface area (TPSA) is 54.4 Å². The van der Waals surface area contributed by atoms with E-state index >= 15 is 0 Å². The van der Waals surface area contributed by atoms with Crippen molar-refractivity contribution in [2.24, 2.45) is 4.99 Å². The molecule has 6 nitrogen and oxygen atoms in total. The molecule has 0 spiro atoms. The Morgan fingerprint density at radius 1 is 1.42 bits per heavy atom. The number of hydrogen-bond acceptors (Lipinski definition) is 5. The first-order chi connectivity index (χ1) is 8.89. The lowest BCUT2D eigenvalue weighted by Crippen LogP contribution is -2.44. The zero-order valence-electron chi connectivity index (χ0n) is 12.0. The number of hydrogen-bond donors (Lipinski definition) is 0. The summed E-state index contributed by atoms with van der Waals surface area (Å²) < 4.78 is 5.39. The lowest BCUT2D eigenvalue weighted by molar-refractivity contribution is -0.0872. The minimum absolute atomic E-state index is 0.276. The maximum Gasteiger partial charge on any atom is 0.410 e. The average Bonchev–Trinajstić information content (AvgIpc) is 2.35. The van der Waals surface area contributed by atoms with Crippen molar-refractivity contribution in [3.8, 4) is 0 Å². The van der Waals surface area contributed by atoms with Crippen molar-refractivity contribution in [2.75, 3.05) is 26.9 Å². The monoisotopic (exact) mass is 267 g/mol. The lowest BCUT2D eigenvalue weighted by Gasteiger charge is -2.34. The van der Waals surface area contributed by atoms with E-state index in [-0.39, 0.29) is 6.09 Å². The molecule has 6 heteroatoms. The van der Waals surface area contributed by atoms with Crippen LogP contribution in [0.2, 0.25) is 0 Å². The van der Waals surface area contributed by atoms with Gasteiger partial charge in [0.2, 0.25) is 0 Å². The number of carbonyl (C=O) groups excluding carboxylic acids is 1. The largest absolute Gasteiger partial charge is 0.444 e. The number of likely N-dealkylation sites (tertiary alicyclic amines) is 1. The number of nitrogens with zero attached hydrogens (tertiary/aromatic N) is 3. The molecule has 19 heavy (non-hydrogen) atoms. The average molecular weight is 267 g/mol. The smallest absolute Gasteiger partial charge is 0.410 e. The molecule has 0 saturated carbocycles. The minimum Gasteiger partial charge on any atom is -0.444 e. The molecule has 0 unspecified atom stereocenters. The van der Waals surface area contributed by atoms with E-state index < -0.39 is 5.60 Å². The number of ether oxygens (including phenoxy) is 1. The molecule has 0 aliphatic carbocycles. The normalized spacial score (nSPS) is 19.6. The first-order valence-electron chi connectivity index (χ1n) is 6.42. The SMILES string of the molecule is CON1C=C2CN(C(=O)OC(C)(C)C)CCC2=NC1. The zero-order chi connectivity index (χ0) is 14.0. The second-order valence-electron chi connectivity index (χ2n) is 5.65. The predicted molar refractivity (Wildman–Crippen MR) is 71.7 cm³/mol. The van der Waals surface area contributed by atoms with Gasteiger partial charge >= 0.3 is 6.09 Å². The molecule has 0 radical (unpaired) electrons. The summed E-state index contributed by atoms with van der Waals surface area (Å²) in [6.45, 7) is 7.30. The van der Waals surface area contributed by atoms with Crippen molar-refractivity contribution in [1.82, 2.24) is 9.96 Å². The molecule has 0 bridgehead atoms. The van der Waals surface area contributed by atoms with Gasteiger partial charge in [-0.1, -0.05) is 0 Å². The van der Waals surface area contributed by atoms with Crippen molar-refractivity contribution in [1.29, 1.82) is 0 Å². The Labute approximate surface area is 113 Å². The van der Waals surface area contributed by atoms with Crippen LogP contribution in [0.25, 0.3) is 0 Å². The number of amides is 1. The van der Waals surface area contributed by atoms with E-state index in [4.69, 9.17) is 9.57 Å². The molecule has 0 aromatic heterocycles. The van der Waals surface area contributed by atoms with Gasteiger partial charge in [0.15, 0.2) is 0 Å². The number of piperidine rings is 1. The van der Waals surface area contributed by atoms with Crippen molar-refractivity contribution < 1.29 is 14.4 Å². The molecule has 1 saturated heterocycles. The Morgan fingerprint density at radius 2 is 2.16 bits per heavy atom. The molecule has 106 valence electrons. The molecule has 2 rings (SSSR count). The summed E-state index contributed by atoms with van der Waals surface area (Å²) in [5.41, 5.74) is 1.61. The van der Waals surface area contributed by atoms with Crippen LogP contribution in [0, 0.1) is 0 Å². The molecule has 2 aliphatic rings. The summed E-state index contributed by atoms with van der Waals surface area (Å²) in [7, 11) is 1.60. The fourth-order valence-electron chi connectivity index (χ4n) is 2.04. The highest BCUT2D eigenvalue weighted by Gasteiger charge is 2.29. The third kappa shape index (κ3) is 3.47. The number of carbonyl (C=O) groups is 1. The maximum atomic E-state index is 12.0. The molecule has 0 aromatic rings. The fraction of sp³-hybridized carbons (Fsp3) is 0.692. The van der Waals surface area contributed by atoms with E-state index in [2.05, 4.69) is 4.99 Å². The quantitative estimate of drug-likeness (QED) is 0.727. The Kier molecular flexibility index (Phi) is 3.80. The standard InChI is InChI=1S/C13H21N3O3/c1-13(2,3)19-12(17)15-6-5-11-10(7-15)8-16(18-4)9-14-11/h8H,5-7,9H2,1-4H3. The van der Waals surface area contributed by atoms with Gasteiger partial charge in [-0.05, 0) is 20.8 Å². The van der Waals surface area contributed by atoms with Gasteiger partial charge in [0, 0.05) is 30.5 Å². The van der Waals surface area contributed by atoms with E-state index in [1.54, 1.807) is 17.1 Å². The van der Waals surface area contributed by atoms with Gasteiger partial charge in [0.05, 0.1) is 13.7 Å². The summed E-state index contributed by atoms with van der Waals surface area (Å²) in [5, 5.41) is 1.65. The summed E-state index contributed by atoms with van der Waals surface area (Å²) in [6.07, 6.45) is 2.39. The fourth-order valence-corrected chi connectivity index (χ4v) is 2.04. The van der Waals surface area contributed by atoms with Crippen LogP contribution in [0.3, 0.4) is 0 Å². The van der Waals surface area contributed by atoms with Gasteiger partial charge in [-0.2, -0.15) is 0 Å². The van der Waals surface area contributed by atoms with Crippen molar-refractivity contribution in [3.63, 3.8) is 0 Å². The Hall–Kier alpha value is -1.56. The number of aliphatic imine (C=N–C) groups is 1. The van der Waals surface area contributed by atoms with Crippen LogP contribution in [-0.4, -0.2) is 54.2 Å². The van der Waals surface area contributed by atoms with E-state index in [1.165, 1.54) is 0 Å². The highest BCUT2D eigenvalue weighted by Crippen LogP contribution is 2.20. The Bertz CT molecular complexity index is 423. The first-order valence-corrected chi connectivity index (χ1v) is 6.42. The van der Waals surface area contributed by atoms with Gasteiger partial charge in [0.1, 0.15) is 12.3 Å². The molecule has 2 heterocycles. The van der Waals surface area contributed by atoms with Crippen LogP contribution < -0.4 is 0 Å². The van der Waals surface area contributed by atoms with E-state index in [1.807, 2.05) is 27.0 Å². The van der Waals surface area contributed by atoms with E-state index in [9.17, 15) is 4.79 Å². The van der Waals surface area contributed by atoms with Gasteiger partial charge in [0.25, 0.3) is 0 Å². The van der Waals surface area contributed by atoms with Gasteiger partial charge in [-0.15, -0.1) is 0 Å². The van der Waals surface area contributed by atoms with Crippen LogP contribution in [0.5, 0.6) is 0 Å². The van der Waals surface area contributed by atoms with Crippen LogP contribution in [0.15, 0.2) is 16.8 Å². The summed E-state index contributed by atoms with van der Waals surface area (Å²) >= 11 is 0. The van der Waals surface area contributed by atoms with E-state index in [0.29, 0.717) is 19.8 Å². The first kappa shape index (κ1) is 13.9. The summed E-state index contributed by atoms with van der Waals surface area (Å²) in [6, 6.07) is 0. The van der Waals surface area contributed by atoms with Gasteiger partial charge in [-0.3, -0.25) is 9.83 Å². The predicted octanol–water partition coefficient (Wildman–Crippen LogP) is 1.79. The Morgan fingerprint density at radius 3 is 2.79 bits per heavy atom. The van der Waals surface area contributed by atoms with E-state index in [0.717, 1.165) is 17.7 Å². The highest BCUT2D eigenvalue weighted by molar-refractivity contribution is 6.02. The van der Waals surface area contributed by atoms with Crippen LogP contribution in [-0.2, 0) is 9.57 Å². The molecular weight excluding hydrogens is 246 g/mol. The third-order valence-electron chi connectivity index (χ3n) is 2.94. The molecule has 0 N–H and O–H groups in total. The van der Waals surface area contributed by atoms with Gasteiger partial charge < -0.3 is 9.64 Å². The second kappa shape index (κ2) is 5.21. The van der Waals surface area contributed by atoms with Crippen molar-refractivity contribution in [3.05, 3.63) is 11.8 Å². The third-order valence-corrected chi connectivity index (χ3v) is 2.94. The Balaban J connectivity index is 2.02. The maximum absolute atomic E-state index is 12.0. The number of hydroxylamine groups is 2. The van der Waals surface area contributed by atoms with Crippen LogP contribution in [0.4, 0.5) is 4.79 Å². The molecule has 0 aromatic carbocycles.